The number of aryl methyl sites for hydroxylation is 2. The van der Waals surface area contributed by atoms with Crippen molar-refractivity contribution in [1.29, 1.82) is 0 Å². The number of methoxy groups -OCH3 is 1. The molecule has 7 nitrogen and oxygen atoms in total. The van der Waals surface area contributed by atoms with Crippen LogP contribution in [0.4, 0.5) is 5.69 Å². The summed E-state index contributed by atoms with van der Waals surface area (Å²) in [6.07, 6.45) is 0.751. The maximum Gasteiger partial charge on any atom is 0.311 e. The van der Waals surface area contributed by atoms with Crippen LogP contribution in [-0.4, -0.2) is 24.5 Å². The average molecular weight is 372 g/mol. The molecule has 0 saturated heterocycles. The lowest BCUT2D eigenvalue weighted by molar-refractivity contribution is -0.385. The second-order valence-electron chi connectivity index (χ2n) is 6.27. The van der Waals surface area contributed by atoms with Gasteiger partial charge in [-0.1, -0.05) is 30.7 Å². The second kappa shape index (κ2) is 9.02. The molecular weight excluding hydrogens is 348 g/mol. The number of rotatable bonds is 8. The predicted molar refractivity (Wildman–Crippen MR) is 102 cm³/mol. The maximum atomic E-state index is 12.3. The standard InChI is InChI=1S/C20H24N2O5/c1-5-17(16-8-6-13(2)10-14(16)3)21-20(23)12-27-15-7-9-18(22(24)25)19(11-15)26-4/h6-11,17H,5,12H2,1-4H3,(H,21,23)/t17-/m1/s1. The highest BCUT2D eigenvalue weighted by Gasteiger charge is 2.17. The molecular formula is C20H24N2O5. The highest BCUT2D eigenvalue weighted by molar-refractivity contribution is 5.78. The summed E-state index contributed by atoms with van der Waals surface area (Å²) in [5.41, 5.74) is 3.22. The molecule has 0 bridgehead atoms. The maximum absolute atomic E-state index is 12.3. The van der Waals surface area contributed by atoms with Gasteiger partial charge in [-0.05, 0) is 37.5 Å². The van der Waals surface area contributed by atoms with Gasteiger partial charge in [0.05, 0.1) is 18.1 Å². The number of carbonyl (C=O) groups is 1. The Hall–Kier alpha value is -3.09. The minimum atomic E-state index is -0.537. The van der Waals surface area contributed by atoms with Crippen LogP contribution < -0.4 is 14.8 Å². The first-order chi connectivity index (χ1) is 12.8. The average Bonchev–Trinajstić information content (AvgIpc) is 2.64. The van der Waals surface area contributed by atoms with Crippen LogP contribution in [0, 0.1) is 24.0 Å². The molecule has 0 aliphatic carbocycles. The van der Waals surface area contributed by atoms with Gasteiger partial charge in [-0.15, -0.1) is 0 Å². The molecule has 2 rings (SSSR count). The lowest BCUT2D eigenvalue weighted by Gasteiger charge is -2.20. The summed E-state index contributed by atoms with van der Waals surface area (Å²) in [6, 6.07) is 10.2. The first kappa shape index (κ1) is 20.2. The zero-order valence-electron chi connectivity index (χ0n) is 15.9. The van der Waals surface area contributed by atoms with Crippen LogP contribution in [-0.2, 0) is 4.79 Å². The van der Waals surface area contributed by atoms with Gasteiger partial charge in [-0.25, -0.2) is 0 Å². The molecule has 2 aromatic rings. The van der Waals surface area contributed by atoms with Crippen LogP contribution in [0.3, 0.4) is 0 Å². The quantitative estimate of drug-likeness (QED) is 0.561. The number of amides is 1. The fourth-order valence-corrected chi connectivity index (χ4v) is 2.90. The first-order valence-corrected chi connectivity index (χ1v) is 8.67. The Labute approximate surface area is 158 Å². The summed E-state index contributed by atoms with van der Waals surface area (Å²) in [4.78, 5) is 22.7. The molecule has 0 fully saturated rings. The number of nitro benzene ring substituents is 1. The molecule has 1 amide bonds. The molecule has 0 aliphatic heterocycles. The summed E-state index contributed by atoms with van der Waals surface area (Å²) in [6.45, 7) is 5.87. The molecule has 1 atom stereocenters. The van der Waals surface area contributed by atoms with Crippen LogP contribution in [0.25, 0.3) is 0 Å². The van der Waals surface area contributed by atoms with Crippen LogP contribution in [0.2, 0.25) is 0 Å². The normalized spacial score (nSPS) is 11.6. The molecule has 0 aromatic heterocycles. The topological polar surface area (TPSA) is 90.7 Å². The lowest BCUT2D eigenvalue weighted by atomic mass is 9.97. The molecule has 0 spiro atoms. The fourth-order valence-electron chi connectivity index (χ4n) is 2.90. The first-order valence-electron chi connectivity index (χ1n) is 8.67. The number of nitrogens with zero attached hydrogens (tertiary/aromatic N) is 1. The highest BCUT2D eigenvalue weighted by atomic mass is 16.6. The Morgan fingerprint density at radius 1 is 1.22 bits per heavy atom. The summed E-state index contributed by atoms with van der Waals surface area (Å²) in [5.74, 6) is 0.144. The van der Waals surface area contributed by atoms with Crippen molar-refractivity contribution in [3.05, 3.63) is 63.2 Å². The van der Waals surface area contributed by atoms with E-state index in [0.29, 0.717) is 5.75 Å². The number of benzene rings is 2. The third-order valence-electron chi connectivity index (χ3n) is 4.26. The van der Waals surface area contributed by atoms with E-state index in [1.54, 1.807) is 0 Å². The van der Waals surface area contributed by atoms with Crippen molar-refractivity contribution < 1.29 is 19.2 Å². The Morgan fingerprint density at radius 3 is 2.56 bits per heavy atom. The Bertz CT molecular complexity index is 835. The van der Waals surface area contributed by atoms with Gasteiger partial charge < -0.3 is 14.8 Å². The van der Waals surface area contributed by atoms with Gasteiger partial charge in [0.2, 0.25) is 5.75 Å². The second-order valence-corrected chi connectivity index (χ2v) is 6.27. The van der Waals surface area contributed by atoms with Crippen molar-refractivity contribution in [2.45, 2.75) is 33.2 Å². The molecule has 0 unspecified atom stereocenters. The summed E-state index contributed by atoms with van der Waals surface area (Å²) >= 11 is 0. The van der Waals surface area contributed by atoms with Crippen LogP contribution in [0.15, 0.2) is 36.4 Å². The van der Waals surface area contributed by atoms with Gasteiger partial charge in [0.15, 0.2) is 6.61 Å². The van der Waals surface area contributed by atoms with Gasteiger partial charge in [-0.2, -0.15) is 0 Å². The van der Waals surface area contributed by atoms with Gasteiger partial charge >= 0.3 is 5.69 Å². The molecule has 27 heavy (non-hydrogen) atoms. The van der Waals surface area contributed by atoms with E-state index in [4.69, 9.17) is 9.47 Å². The molecule has 144 valence electrons. The zero-order valence-corrected chi connectivity index (χ0v) is 15.9. The molecule has 7 heteroatoms. The van der Waals surface area contributed by atoms with Crippen molar-refractivity contribution >= 4 is 11.6 Å². The van der Waals surface area contributed by atoms with E-state index in [9.17, 15) is 14.9 Å². The SMILES string of the molecule is CC[C@@H](NC(=O)COc1ccc([N+](=O)[O-])c(OC)c1)c1ccc(C)cc1C. The minimum Gasteiger partial charge on any atom is -0.490 e. The fraction of sp³-hybridized carbons (Fsp3) is 0.350. The van der Waals surface area contributed by atoms with Crippen LogP contribution in [0.5, 0.6) is 11.5 Å². The zero-order chi connectivity index (χ0) is 20.0. The molecule has 0 radical (unpaired) electrons. The van der Waals surface area contributed by atoms with Crippen molar-refractivity contribution in [2.75, 3.05) is 13.7 Å². The van der Waals surface area contributed by atoms with Crippen molar-refractivity contribution in [3.63, 3.8) is 0 Å². The Kier molecular flexibility index (Phi) is 6.76. The van der Waals surface area contributed by atoms with Crippen molar-refractivity contribution in [2.24, 2.45) is 0 Å². The lowest BCUT2D eigenvalue weighted by Crippen LogP contribution is -2.32. The monoisotopic (exact) mass is 372 g/mol. The van der Waals surface area contributed by atoms with Gasteiger partial charge in [0.1, 0.15) is 5.75 Å². The number of nitrogens with one attached hydrogen (secondary N) is 1. The molecule has 2 aromatic carbocycles. The van der Waals surface area contributed by atoms with Gasteiger partial charge in [0, 0.05) is 12.1 Å². The Morgan fingerprint density at radius 2 is 1.96 bits per heavy atom. The molecule has 0 saturated carbocycles. The number of carbonyl (C=O) groups excluding carboxylic acids is 1. The van der Waals surface area contributed by atoms with E-state index in [0.717, 1.165) is 17.5 Å². The van der Waals surface area contributed by atoms with Crippen molar-refractivity contribution in [1.82, 2.24) is 5.32 Å². The van der Waals surface area contributed by atoms with Gasteiger partial charge in [-0.3, -0.25) is 14.9 Å². The van der Waals surface area contributed by atoms with Crippen LogP contribution >= 0.6 is 0 Å². The van der Waals surface area contributed by atoms with Crippen molar-refractivity contribution in [3.8, 4) is 11.5 Å². The number of hydrogen-bond donors (Lipinski definition) is 1. The van der Waals surface area contributed by atoms with E-state index >= 15 is 0 Å². The van der Waals surface area contributed by atoms with Crippen LogP contribution in [0.1, 0.15) is 36.1 Å². The molecule has 0 aliphatic rings. The predicted octanol–water partition coefficient (Wildman–Crippen LogP) is 3.87. The summed E-state index contributed by atoms with van der Waals surface area (Å²) in [7, 11) is 1.34. The number of ether oxygens (including phenoxy) is 2. The van der Waals surface area contributed by atoms with E-state index < -0.39 is 4.92 Å². The largest absolute Gasteiger partial charge is 0.490 e. The smallest absolute Gasteiger partial charge is 0.311 e. The molecule has 1 N–H and O–H groups in total. The van der Waals surface area contributed by atoms with E-state index in [1.165, 1.54) is 30.9 Å². The summed E-state index contributed by atoms with van der Waals surface area (Å²) in [5, 5.41) is 13.9. The number of hydrogen-bond acceptors (Lipinski definition) is 5. The van der Waals surface area contributed by atoms with E-state index in [1.807, 2.05) is 32.9 Å². The molecule has 0 heterocycles. The van der Waals surface area contributed by atoms with E-state index in [-0.39, 0.29) is 30.0 Å². The highest BCUT2D eigenvalue weighted by Crippen LogP contribution is 2.30. The minimum absolute atomic E-state index is 0.0830. The number of nitro groups is 1. The third-order valence-corrected chi connectivity index (χ3v) is 4.26. The summed E-state index contributed by atoms with van der Waals surface area (Å²) < 4.78 is 10.5. The van der Waals surface area contributed by atoms with Gasteiger partial charge in [0.25, 0.3) is 5.91 Å². The van der Waals surface area contributed by atoms with E-state index in [2.05, 4.69) is 11.4 Å². The Balaban J connectivity index is 2.01. The third kappa shape index (κ3) is 5.20.